The largest absolute Gasteiger partial charge is 0.327 e. The first kappa shape index (κ1) is 18.1. The summed E-state index contributed by atoms with van der Waals surface area (Å²) >= 11 is 7.37. The summed E-state index contributed by atoms with van der Waals surface area (Å²) in [6.07, 6.45) is 0. The molecular weight excluding hydrogens is 415 g/mol. The van der Waals surface area contributed by atoms with E-state index in [1.165, 1.54) is 35.6 Å². The van der Waals surface area contributed by atoms with Crippen LogP contribution in [0.25, 0.3) is 21.2 Å². The molecular formula is C19H14ClFN6OS. The van der Waals surface area contributed by atoms with E-state index in [1.807, 2.05) is 17.6 Å². The number of fused-ring (bicyclic) bond motifs is 2. The number of thiazole rings is 1. The van der Waals surface area contributed by atoms with Crippen LogP contribution in [0.15, 0.2) is 36.4 Å². The second-order valence-electron chi connectivity index (χ2n) is 6.69. The summed E-state index contributed by atoms with van der Waals surface area (Å²) in [6.45, 7) is 2.94. The number of amides is 1. The topological polar surface area (TPSA) is 76.8 Å². The molecule has 1 aliphatic rings. The molecule has 0 bridgehead atoms. The van der Waals surface area contributed by atoms with Crippen LogP contribution in [0.5, 0.6) is 0 Å². The Morgan fingerprint density at radius 2 is 1.93 bits per heavy atom. The number of pyridine rings is 1. The molecule has 0 unspecified atom stereocenters. The van der Waals surface area contributed by atoms with E-state index in [4.69, 9.17) is 11.6 Å². The highest BCUT2D eigenvalue weighted by Crippen LogP contribution is 2.33. The third-order valence-corrected chi connectivity index (χ3v) is 6.12. The van der Waals surface area contributed by atoms with Gasteiger partial charge in [0.1, 0.15) is 21.3 Å². The molecule has 146 valence electrons. The van der Waals surface area contributed by atoms with E-state index in [1.54, 1.807) is 11.0 Å². The fourth-order valence-corrected chi connectivity index (χ4v) is 4.60. The summed E-state index contributed by atoms with van der Waals surface area (Å²) in [5.74, 6) is 0.809. The van der Waals surface area contributed by atoms with Crippen molar-refractivity contribution in [1.29, 1.82) is 0 Å². The molecule has 4 aromatic rings. The molecule has 0 spiro atoms. The minimum absolute atomic E-state index is 0.160. The predicted octanol–water partition coefficient (Wildman–Crippen LogP) is 3.96. The quantitative estimate of drug-likeness (QED) is 0.452. The van der Waals surface area contributed by atoms with Gasteiger partial charge in [-0.2, -0.15) is 0 Å². The molecule has 3 aromatic heterocycles. The van der Waals surface area contributed by atoms with Crippen molar-refractivity contribution in [2.75, 3.05) is 6.54 Å². The number of hydrogen-bond acceptors (Lipinski definition) is 6. The first-order valence-electron chi connectivity index (χ1n) is 8.94. The average molecular weight is 429 g/mol. The van der Waals surface area contributed by atoms with Gasteiger partial charge in [-0.25, -0.2) is 14.4 Å². The highest BCUT2D eigenvalue weighted by atomic mass is 35.5. The molecule has 0 fully saturated rings. The summed E-state index contributed by atoms with van der Waals surface area (Å²) in [5, 5.41) is 9.77. The molecule has 1 amide bonds. The van der Waals surface area contributed by atoms with Crippen LogP contribution < -0.4 is 0 Å². The monoisotopic (exact) mass is 428 g/mol. The van der Waals surface area contributed by atoms with Crippen molar-refractivity contribution >= 4 is 39.2 Å². The Balaban J connectivity index is 1.47. The highest BCUT2D eigenvalue weighted by molar-refractivity contribution is 7.21. The van der Waals surface area contributed by atoms with Crippen LogP contribution in [0.1, 0.15) is 29.1 Å². The second-order valence-corrected chi connectivity index (χ2v) is 8.06. The normalized spacial score (nSPS) is 16.2. The van der Waals surface area contributed by atoms with Crippen LogP contribution in [0.2, 0.25) is 5.15 Å². The molecule has 10 heteroatoms. The maximum absolute atomic E-state index is 13.2. The van der Waals surface area contributed by atoms with E-state index in [9.17, 15) is 9.18 Å². The van der Waals surface area contributed by atoms with Gasteiger partial charge in [-0.15, -0.1) is 10.2 Å². The zero-order valence-corrected chi connectivity index (χ0v) is 16.8. The SMILES string of the molecule is C[C@@H]1c2nnc(-c3nc4ccc(Cl)nc4s3)n2CCN1C(=O)c1ccc(F)cc1. The van der Waals surface area contributed by atoms with Crippen molar-refractivity contribution in [3.63, 3.8) is 0 Å². The van der Waals surface area contributed by atoms with Crippen molar-refractivity contribution < 1.29 is 9.18 Å². The summed E-state index contributed by atoms with van der Waals surface area (Å²) in [5.41, 5.74) is 1.20. The van der Waals surface area contributed by atoms with E-state index in [2.05, 4.69) is 20.2 Å². The van der Waals surface area contributed by atoms with Crippen molar-refractivity contribution in [3.8, 4) is 10.8 Å². The van der Waals surface area contributed by atoms with E-state index in [0.717, 1.165) is 10.3 Å². The molecule has 0 N–H and O–H groups in total. The Labute approximate surface area is 173 Å². The lowest BCUT2D eigenvalue weighted by atomic mass is 10.1. The number of nitrogens with zero attached hydrogens (tertiary/aromatic N) is 6. The van der Waals surface area contributed by atoms with Gasteiger partial charge in [0, 0.05) is 18.7 Å². The lowest BCUT2D eigenvalue weighted by Crippen LogP contribution is -2.41. The summed E-state index contributed by atoms with van der Waals surface area (Å²) in [7, 11) is 0. The van der Waals surface area contributed by atoms with Gasteiger partial charge in [-0.1, -0.05) is 22.9 Å². The molecule has 1 aromatic carbocycles. The lowest BCUT2D eigenvalue weighted by Gasteiger charge is -2.33. The molecule has 0 radical (unpaired) electrons. The lowest BCUT2D eigenvalue weighted by molar-refractivity contribution is 0.0638. The summed E-state index contributed by atoms with van der Waals surface area (Å²) in [4.78, 5) is 24.2. The highest BCUT2D eigenvalue weighted by Gasteiger charge is 2.32. The fraction of sp³-hybridized carbons (Fsp3) is 0.211. The number of carbonyl (C=O) groups is 1. The third-order valence-electron chi connectivity index (χ3n) is 4.95. The maximum atomic E-state index is 13.2. The minimum Gasteiger partial charge on any atom is -0.327 e. The zero-order chi connectivity index (χ0) is 20.1. The van der Waals surface area contributed by atoms with Gasteiger partial charge in [-0.05, 0) is 43.3 Å². The third kappa shape index (κ3) is 3.06. The summed E-state index contributed by atoms with van der Waals surface area (Å²) in [6, 6.07) is 8.82. The molecule has 1 atom stereocenters. The van der Waals surface area contributed by atoms with Crippen LogP contribution in [-0.4, -0.2) is 42.1 Å². The Bertz CT molecular complexity index is 1240. The number of aromatic nitrogens is 5. The van der Waals surface area contributed by atoms with Crippen molar-refractivity contribution in [1.82, 2.24) is 29.6 Å². The molecule has 29 heavy (non-hydrogen) atoms. The van der Waals surface area contributed by atoms with E-state index in [0.29, 0.717) is 40.5 Å². The zero-order valence-electron chi connectivity index (χ0n) is 15.2. The Kier molecular flexibility index (Phi) is 4.29. The van der Waals surface area contributed by atoms with Gasteiger partial charge in [0.25, 0.3) is 5.91 Å². The van der Waals surface area contributed by atoms with Crippen molar-refractivity contribution in [2.24, 2.45) is 0 Å². The first-order chi connectivity index (χ1) is 14.0. The predicted molar refractivity (Wildman–Crippen MR) is 107 cm³/mol. The Hall–Kier alpha value is -2.91. The Morgan fingerprint density at radius 1 is 1.14 bits per heavy atom. The molecule has 0 saturated carbocycles. The van der Waals surface area contributed by atoms with Crippen molar-refractivity contribution in [2.45, 2.75) is 19.5 Å². The van der Waals surface area contributed by atoms with Gasteiger partial charge in [-0.3, -0.25) is 4.79 Å². The van der Waals surface area contributed by atoms with Crippen LogP contribution in [0.3, 0.4) is 0 Å². The maximum Gasteiger partial charge on any atom is 0.254 e. The van der Waals surface area contributed by atoms with E-state index in [-0.39, 0.29) is 17.8 Å². The van der Waals surface area contributed by atoms with E-state index < -0.39 is 0 Å². The van der Waals surface area contributed by atoms with Crippen LogP contribution in [0, 0.1) is 5.82 Å². The number of halogens is 2. The van der Waals surface area contributed by atoms with Gasteiger partial charge in [0.05, 0.1) is 6.04 Å². The number of rotatable bonds is 2. The van der Waals surface area contributed by atoms with E-state index >= 15 is 0 Å². The smallest absolute Gasteiger partial charge is 0.254 e. The Morgan fingerprint density at radius 3 is 2.72 bits per heavy atom. The van der Waals surface area contributed by atoms with Crippen LogP contribution in [0.4, 0.5) is 4.39 Å². The van der Waals surface area contributed by atoms with Gasteiger partial charge >= 0.3 is 0 Å². The second kappa shape index (κ2) is 6.85. The number of hydrogen-bond donors (Lipinski definition) is 0. The first-order valence-corrected chi connectivity index (χ1v) is 10.1. The molecule has 5 rings (SSSR count). The minimum atomic E-state index is -0.371. The van der Waals surface area contributed by atoms with Crippen molar-refractivity contribution in [3.05, 3.63) is 58.8 Å². The standard InChI is InChI=1S/C19H14ClFN6OS/c1-10-15-24-25-16(18-22-13-6-7-14(20)23-17(13)29-18)27(15)9-8-26(10)19(28)11-2-4-12(21)5-3-11/h2-7,10H,8-9H2,1H3/t10-/m1/s1. The molecule has 7 nitrogen and oxygen atoms in total. The fourth-order valence-electron chi connectivity index (χ4n) is 3.47. The number of carbonyl (C=O) groups excluding carboxylic acids is 1. The van der Waals surface area contributed by atoms with Gasteiger partial charge < -0.3 is 9.47 Å². The molecule has 1 aliphatic heterocycles. The molecule has 0 saturated heterocycles. The molecule has 4 heterocycles. The van der Waals surface area contributed by atoms with Crippen LogP contribution >= 0.6 is 22.9 Å². The van der Waals surface area contributed by atoms with Crippen LogP contribution in [-0.2, 0) is 6.54 Å². The number of benzene rings is 1. The summed E-state index contributed by atoms with van der Waals surface area (Å²) < 4.78 is 15.2. The van der Waals surface area contributed by atoms with Gasteiger partial charge in [0.2, 0.25) is 0 Å². The van der Waals surface area contributed by atoms with Gasteiger partial charge in [0.15, 0.2) is 16.7 Å². The average Bonchev–Trinajstić information content (AvgIpc) is 3.32. The molecule has 0 aliphatic carbocycles.